The summed E-state index contributed by atoms with van der Waals surface area (Å²) in [5.74, 6) is -1.12. The van der Waals surface area contributed by atoms with E-state index in [0.29, 0.717) is 0 Å². The maximum atomic E-state index is 11.7. The van der Waals surface area contributed by atoms with Crippen molar-refractivity contribution in [2.75, 3.05) is 13.7 Å². The number of hydrogen-bond acceptors (Lipinski definition) is 5. The molecule has 2 amide bonds. The van der Waals surface area contributed by atoms with Gasteiger partial charge in [-0.3, -0.25) is 0 Å². The Kier molecular flexibility index (Phi) is 5.90. The first-order chi connectivity index (χ1) is 9.35. The molecule has 1 aromatic rings. The average Bonchev–Trinajstić information content (AvgIpc) is 2.68. The Bertz CT molecular complexity index is 489. The number of ether oxygens (including phenoxy) is 1. The summed E-state index contributed by atoms with van der Waals surface area (Å²) in [6.45, 7) is 5.56. The monoisotopic (exact) mass is 301 g/mol. The molecule has 0 radical (unpaired) electrons. The normalized spacial score (nSPS) is 13.6. The van der Waals surface area contributed by atoms with Gasteiger partial charge >= 0.3 is 12.0 Å². The molecule has 112 valence electrons. The molecule has 2 atom stereocenters. The Morgan fingerprint density at radius 2 is 2.10 bits per heavy atom. The van der Waals surface area contributed by atoms with Crippen LogP contribution in [0.4, 0.5) is 4.79 Å². The van der Waals surface area contributed by atoms with Crippen molar-refractivity contribution < 1.29 is 19.4 Å². The third-order valence-corrected chi connectivity index (χ3v) is 3.94. The molecule has 1 heterocycles. The minimum absolute atomic E-state index is 0.0922. The lowest BCUT2D eigenvalue weighted by atomic mass is 10.2. The van der Waals surface area contributed by atoms with E-state index >= 15 is 0 Å². The van der Waals surface area contributed by atoms with Crippen molar-refractivity contribution in [1.82, 2.24) is 15.6 Å². The number of thiazole rings is 1. The number of carboxylic acid groups (broad SMARTS) is 1. The average molecular weight is 301 g/mol. The minimum atomic E-state index is -1.12. The SMILES string of the molecule is COC(CNC(=O)NC(C)c1sc(C)nc1C)C(=O)O. The molecule has 1 aromatic heterocycles. The maximum absolute atomic E-state index is 11.7. The quantitative estimate of drug-likeness (QED) is 0.733. The molecule has 2 unspecified atom stereocenters. The summed E-state index contributed by atoms with van der Waals surface area (Å²) < 4.78 is 4.72. The summed E-state index contributed by atoms with van der Waals surface area (Å²) in [6, 6.07) is -0.627. The maximum Gasteiger partial charge on any atom is 0.334 e. The van der Waals surface area contributed by atoms with Crippen LogP contribution in [0, 0.1) is 13.8 Å². The standard InChI is InChI=1S/C12H19N3O4S/c1-6-10(20-8(3)14-6)7(2)15-12(18)13-5-9(19-4)11(16)17/h7,9H,5H2,1-4H3,(H,16,17)(H2,13,15,18). The molecular formula is C12H19N3O4S. The van der Waals surface area contributed by atoms with Gasteiger partial charge in [0, 0.05) is 12.0 Å². The minimum Gasteiger partial charge on any atom is -0.479 e. The number of nitrogens with one attached hydrogen (secondary N) is 2. The first-order valence-corrected chi connectivity index (χ1v) is 6.90. The molecule has 0 aliphatic heterocycles. The smallest absolute Gasteiger partial charge is 0.334 e. The first-order valence-electron chi connectivity index (χ1n) is 6.09. The lowest BCUT2D eigenvalue weighted by molar-refractivity contribution is -0.147. The summed E-state index contributed by atoms with van der Waals surface area (Å²) in [5, 5.41) is 14.9. The van der Waals surface area contributed by atoms with Crippen molar-refractivity contribution in [3.63, 3.8) is 0 Å². The van der Waals surface area contributed by atoms with Crippen LogP contribution in [-0.4, -0.2) is 41.8 Å². The Morgan fingerprint density at radius 1 is 1.45 bits per heavy atom. The zero-order chi connectivity index (χ0) is 15.3. The van der Waals surface area contributed by atoms with Gasteiger partial charge in [0.05, 0.1) is 23.3 Å². The van der Waals surface area contributed by atoms with Gasteiger partial charge < -0.3 is 20.5 Å². The predicted octanol–water partition coefficient (Wildman–Crippen LogP) is 1.22. The number of carbonyl (C=O) groups is 2. The Morgan fingerprint density at radius 3 is 2.55 bits per heavy atom. The van der Waals surface area contributed by atoms with Gasteiger partial charge in [-0.05, 0) is 20.8 Å². The van der Waals surface area contributed by atoms with Crippen molar-refractivity contribution in [3.8, 4) is 0 Å². The van der Waals surface area contributed by atoms with Gasteiger partial charge in [0.25, 0.3) is 0 Å². The second kappa shape index (κ2) is 7.20. The lowest BCUT2D eigenvalue weighted by Crippen LogP contribution is -2.43. The number of hydrogen-bond donors (Lipinski definition) is 3. The lowest BCUT2D eigenvalue weighted by Gasteiger charge is -2.15. The van der Waals surface area contributed by atoms with E-state index in [1.54, 1.807) is 0 Å². The van der Waals surface area contributed by atoms with Crippen LogP contribution < -0.4 is 10.6 Å². The van der Waals surface area contributed by atoms with Crippen LogP contribution in [0.15, 0.2) is 0 Å². The Hall–Kier alpha value is -1.67. The molecule has 0 spiro atoms. The fraction of sp³-hybridized carbons (Fsp3) is 0.583. The van der Waals surface area contributed by atoms with Crippen LogP contribution in [-0.2, 0) is 9.53 Å². The highest BCUT2D eigenvalue weighted by atomic mass is 32.1. The molecule has 8 heteroatoms. The molecule has 0 bridgehead atoms. The number of nitrogens with zero attached hydrogens (tertiary/aromatic N) is 1. The fourth-order valence-electron chi connectivity index (χ4n) is 1.72. The van der Waals surface area contributed by atoms with Gasteiger partial charge in [0.15, 0.2) is 6.10 Å². The number of carbonyl (C=O) groups excluding carboxylic acids is 1. The van der Waals surface area contributed by atoms with Gasteiger partial charge in [-0.15, -0.1) is 11.3 Å². The molecule has 0 fully saturated rings. The van der Waals surface area contributed by atoms with E-state index < -0.39 is 18.1 Å². The second-order valence-electron chi connectivity index (χ2n) is 4.32. The third kappa shape index (κ3) is 4.46. The van der Waals surface area contributed by atoms with Gasteiger partial charge in [0.1, 0.15) is 0 Å². The molecule has 7 nitrogen and oxygen atoms in total. The highest BCUT2D eigenvalue weighted by Gasteiger charge is 2.19. The number of aliphatic carboxylic acids is 1. The van der Waals surface area contributed by atoms with E-state index in [0.717, 1.165) is 15.6 Å². The third-order valence-electron chi connectivity index (χ3n) is 2.69. The van der Waals surface area contributed by atoms with E-state index in [4.69, 9.17) is 9.84 Å². The van der Waals surface area contributed by atoms with Crippen molar-refractivity contribution in [2.24, 2.45) is 0 Å². The second-order valence-corrected chi connectivity index (χ2v) is 5.56. The largest absolute Gasteiger partial charge is 0.479 e. The van der Waals surface area contributed by atoms with Crippen molar-refractivity contribution in [1.29, 1.82) is 0 Å². The summed E-state index contributed by atoms with van der Waals surface area (Å²) in [6.07, 6.45) is -1.05. The van der Waals surface area contributed by atoms with E-state index in [9.17, 15) is 9.59 Å². The first kappa shape index (κ1) is 16.4. The number of amides is 2. The molecule has 0 aliphatic rings. The van der Waals surface area contributed by atoms with E-state index in [-0.39, 0.29) is 12.6 Å². The van der Waals surface area contributed by atoms with E-state index in [2.05, 4.69) is 15.6 Å². The van der Waals surface area contributed by atoms with Crippen LogP contribution in [0.3, 0.4) is 0 Å². The zero-order valence-electron chi connectivity index (χ0n) is 11.9. The van der Waals surface area contributed by atoms with Crippen LogP contribution in [0.25, 0.3) is 0 Å². The van der Waals surface area contributed by atoms with Crippen molar-refractivity contribution in [2.45, 2.75) is 32.9 Å². The molecule has 1 rings (SSSR count). The van der Waals surface area contributed by atoms with Crippen LogP contribution >= 0.6 is 11.3 Å². The number of methoxy groups -OCH3 is 1. The number of aromatic nitrogens is 1. The van der Waals surface area contributed by atoms with Gasteiger partial charge in [-0.2, -0.15) is 0 Å². The number of urea groups is 1. The van der Waals surface area contributed by atoms with Gasteiger partial charge in [0.2, 0.25) is 0 Å². The molecule has 0 saturated carbocycles. The highest BCUT2D eigenvalue weighted by Crippen LogP contribution is 2.24. The molecular weight excluding hydrogens is 282 g/mol. The summed E-state index contributed by atoms with van der Waals surface area (Å²) in [5.41, 5.74) is 0.889. The fourth-order valence-corrected chi connectivity index (χ4v) is 2.65. The number of carboxylic acids is 1. The summed E-state index contributed by atoms with van der Waals surface area (Å²) >= 11 is 1.53. The molecule has 3 N–H and O–H groups in total. The Labute approximate surface area is 121 Å². The number of rotatable bonds is 6. The molecule has 0 aliphatic carbocycles. The van der Waals surface area contributed by atoms with E-state index in [1.165, 1.54) is 18.4 Å². The topological polar surface area (TPSA) is 101 Å². The van der Waals surface area contributed by atoms with Crippen LogP contribution in [0.5, 0.6) is 0 Å². The van der Waals surface area contributed by atoms with Crippen molar-refractivity contribution in [3.05, 3.63) is 15.6 Å². The highest BCUT2D eigenvalue weighted by molar-refractivity contribution is 7.11. The predicted molar refractivity (Wildman–Crippen MR) is 75.0 cm³/mol. The van der Waals surface area contributed by atoms with Crippen molar-refractivity contribution >= 4 is 23.3 Å². The van der Waals surface area contributed by atoms with Crippen LogP contribution in [0.2, 0.25) is 0 Å². The number of aryl methyl sites for hydroxylation is 2. The summed E-state index contributed by atoms with van der Waals surface area (Å²) in [4.78, 5) is 27.7. The van der Waals surface area contributed by atoms with E-state index in [1.807, 2.05) is 20.8 Å². The molecule has 0 aromatic carbocycles. The molecule has 0 saturated heterocycles. The zero-order valence-corrected chi connectivity index (χ0v) is 12.7. The van der Waals surface area contributed by atoms with Gasteiger partial charge in [-0.25, -0.2) is 14.6 Å². The summed E-state index contributed by atoms with van der Waals surface area (Å²) in [7, 11) is 1.28. The molecule has 20 heavy (non-hydrogen) atoms. The Balaban J connectivity index is 2.50. The van der Waals surface area contributed by atoms with Gasteiger partial charge in [-0.1, -0.05) is 0 Å². The van der Waals surface area contributed by atoms with Crippen LogP contribution in [0.1, 0.15) is 28.5 Å².